The van der Waals surface area contributed by atoms with Crippen LogP contribution in [-0.2, 0) is 9.59 Å². The number of carbonyl (C=O) groups excluding carboxylic acids is 2. The molecule has 35 heavy (non-hydrogen) atoms. The number of benzene rings is 2. The first kappa shape index (κ1) is 24.1. The molecule has 3 aliphatic rings. The van der Waals surface area contributed by atoms with Crippen molar-refractivity contribution in [2.24, 2.45) is 5.92 Å². The van der Waals surface area contributed by atoms with E-state index in [9.17, 15) is 9.59 Å². The summed E-state index contributed by atoms with van der Waals surface area (Å²) in [4.78, 5) is 28.9. The second kappa shape index (κ2) is 10.5. The highest BCUT2D eigenvalue weighted by Crippen LogP contribution is 2.34. The van der Waals surface area contributed by atoms with Crippen LogP contribution >= 0.6 is 0 Å². The van der Waals surface area contributed by atoms with Crippen molar-refractivity contribution < 1.29 is 14.3 Å². The lowest BCUT2D eigenvalue weighted by atomic mass is 9.83. The first-order valence-electron chi connectivity index (χ1n) is 13.2. The second-order valence-corrected chi connectivity index (χ2v) is 10.4. The topological polar surface area (TPSA) is 82.7 Å². The molecule has 2 aromatic rings. The molecule has 7 nitrogen and oxygen atoms in total. The van der Waals surface area contributed by atoms with Gasteiger partial charge >= 0.3 is 0 Å². The van der Waals surface area contributed by atoms with Crippen LogP contribution in [0.15, 0.2) is 42.5 Å². The zero-order valence-electron chi connectivity index (χ0n) is 20.8. The van der Waals surface area contributed by atoms with E-state index in [1.54, 1.807) is 7.05 Å². The van der Waals surface area contributed by atoms with Gasteiger partial charge in [-0.25, -0.2) is 0 Å². The van der Waals surface area contributed by atoms with Crippen molar-refractivity contribution in [1.29, 1.82) is 0 Å². The zero-order chi connectivity index (χ0) is 24.4. The van der Waals surface area contributed by atoms with E-state index in [2.05, 4.69) is 34.1 Å². The lowest BCUT2D eigenvalue weighted by molar-refractivity contribution is -0.140. The molecular weight excluding hydrogens is 440 g/mol. The minimum atomic E-state index is -0.476. The summed E-state index contributed by atoms with van der Waals surface area (Å²) in [6.07, 6.45) is 6.19. The monoisotopic (exact) mass is 478 g/mol. The Labute approximate surface area is 208 Å². The quantitative estimate of drug-likeness (QED) is 0.570. The Morgan fingerprint density at radius 1 is 1.06 bits per heavy atom. The first-order valence-corrected chi connectivity index (χ1v) is 13.2. The summed E-state index contributed by atoms with van der Waals surface area (Å²) in [5.41, 5.74) is 0. The van der Waals surface area contributed by atoms with E-state index in [1.165, 1.54) is 6.42 Å². The third-order valence-electron chi connectivity index (χ3n) is 8.24. The van der Waals surface area contributed by atoms with Crippen molar-refractivity contribution in [1.82, 2.24) is 20.9 Å². The Bertz CT molecular complexity index is 1050. The lowest BCUT2D eigenvalue weighted by Gasteiger charge is -2.36. The Kier molecular flexibility index (Phi) is 7.25. The molecule has 2 aromatic carbocycles. The van der Waals surface area contributed by atoms with Crippen LogP contribution in [-0.4, -0.2) is 67.1 Å². The van der Waals surface area contributed by atoms with Crippen LogP contribution in [0.1, 0.15) is 45.4 Å². The maximum atomic E-state index is 14.1. The van der Waals surface area contributed by atoms with Crippen LogP contribution in [0.4, 0.5) is 0 Å². The van der Waals surface area contributed by atoms with Gasteiger partial charge in [-0.3, -0.25) is 9.59 Å². The number of ether oxygens (including phenoxy) is 1. The van der Waals surface area contributed by atoms with Crippen molar-refractivity contribution in [3.8, 4) is 5.75 Å². The third kappa shape index (κ3) is 4.89. The van der Waals surface area contributed by atoms with Gasteiger partial charge in [-0.05, 0) is 50.6 Å². The van der Waals surface area contributed by atoms with Crippen LogP contribution in [0, 0.1) is 5.92 Å². The molecule has 5 unspecified atom stereocenters. The Morgan fingerprint density at radius 2 is 1.83 bits per heavy atom. The molecule has 0 aromatic heterocycles. The molecule has 1 saturated carbocycles. The van der Waals surface area contributed by atoms with E-state index in [0.29, 0.717) is 13.1 Å². The van der Waals surface area contributed by atoms with Gasteiger partial charge in [-0.15, -0.1) is 0 Å². The molecule has 188 valence electrons. The highest BCUT2D eigenvalue weighted by Gasteiger charge is 2.49. The molecule has 0 radical (unpaired) electrons. The number of likely N-dealkylation sites (tertiary alicyclic amines) is 1. The number of nitrogens with zero attached hydrogens (tertiary/aromatic N) is 1. The molecule has 1 aliphatic carbocycles. The van der Waals surface area contributed by atoms with Gasteiger partial charge in [0.05, 0.1) is 12.1 Å². The highest BCUT2D eigenvalue weighted by atomic mass is 16.5. The smallest absolute Gasteiger partial charge is 0.245 e. The standard InChI is InChI=1S/C28H38N4O3/c1-18(29-2)27(33)31-25(20-10-4-3-5-11-20)28(34)32-16-15-22-26(32)24(17-30-22)35-23-14-8-12-19-9-6-7-13-21(19)23/h6-9,12-14,18,20,22,24-26,29-30H,3-5,10-11,15-17H2,1-2H3,(H,31,33). The van der Waals surface area contributed by atoms with Gasteiger partial charge in [0.15, 0.2) is 0 Å². The Balaban J connectivity index is 1.37. The highest BCUT2D eigenvalue weighted by molar-refractivity contribution is 5.90. The molecule has 2 heterocycles. The average molecular weight is 479 g/mol. The minimum Gasteiger partial charge on any atom is -0.486 e. The van der Waals surface area contributed by atoms with E-state index >= 15 is 0 Å². The maximum Gasteiger partial charge on any atom is 0.245 e. The zero-order valence-corrected chi connectivity index (χ0v) is 20.8. The number of fused-ring (bicyclic) bond motifs is 2. The number of hydrogen-bond donors (Lipinski definition) is 3. The fourth-order valence-electron chi connectivity index (χ4n) is 6.15. The lowest BCUT2D eigenvalue weighted by Crippen LogP contribution is -2.58. The number of likely N-dealkylation sites (N-methyl/N-ethyl adjacent to an activating group) is 1. The van der Waals surface area contributed by atoms with E-state index in [4.69, 9.17) is 4.74 Å². The normalized spacial score (nSPS) is 26.3. The van der Waals surface area contributed by atoms with Gasteiger partial charge in [0.1, 0.15) is 17.9 Å². The van der Waals surface area contributed by atoms with E-state index < -0.39 is 6.04 Å². The molecule has 0 spiro atoms. The summed E-state index contributed by atoms with van der Waals surface area (Å²) in [5.74, 6) is 0.987. The fourth-order valence-corrected chi connectivity index (χ4v) is 6.15. The molecule has 5 rings (SSSR count). The van der Waals surface area contributed by atoms with Crippen molar-refractivity contribution in [3.05, 3.63) is 42.5 Å². The number of carbonyl (C=O) groups is 2. The van der Waals surface area contributed by atoms with Gasteiger partial charge < -0.3 is 25.6 Å². The molecule has 0 bridgehead atoms. The number of hydrogen-bond acceptors (Lipinski definition) is 5. The SMILES string of the molecule is CNC(C)C(=O)NC(C(=O)N1CCC2NCC(Oc3cccc4ccccc34)C21)C1CCCCC1. The summed E-state index contributed by atoms with van der Waals surface area (Å²) in [6, 6.07) is 13.7. The molecule has 7 heteroatoms. The van der Waals surface area contributed by atoms with Crippen molar-refractivity contribution in [2.75, 3.05) is 20.1 Å². The maximum absolute atomic E-state index is 14.1. The Hall–Kier alpha value is -2.64. The molecule has 5 atom stereocenters. The summed E-state index contributed by atoms with van der Waals surface area (Å²) in [5, 5.41) is 12.0. The predicted octanol–water partition coefficient (Wildman–Crippen LogP) is 2.83. The molecule has 3 N–H and O–H groups in total. The van der Waals surface area contributed by atoms with Gasteiger partial charge in [-0.2, -0.15) is 0 Å². The van der Waals surface area contributed by atoms with Gasteiger partial charge in [0, 0.05) is 24.5 Å². The molecule has 2 aliphatic heterocycles. The number of nitrogens with one attached hydrogen (secondary N) is 3. The largest absolute Gasteiger partial charge is 0.486 e. The van der Waals surface area contributed by atoms with E-state index in [0.717, 1.165) is 48.6 Å². The molecular formula is C28H38N4O3. The van der Waals surface area contributed by atoms with E-state index in [1.807, 2.05) is 36.1 Å². The minimum absolute atomic E-state index is 0.0359. The van der Waals surface area contributed by atoms with Crippen molar-refractivity contribution in [2.45, 2.75) is 75.7 Å². The third-order valence-corrected chi connectivity index (χ3v) is 8.24. The van der Waals surface area contributed by atoms with Crippen LogP contribution < -0.4 is 20.7 Å². The number of rotatable bonds is 7. The van der Waals surface area contributed by atoms with Crippen molar-refractivity contribution in [3.63, 3.8) is 0 Å². The predicted molar refractivity (Wildman–Crippen MR) is 137 cm³/mol. The molecule has 3 fully saturated rings. The summed E-state index contributed by atoms with van der Waals surface area (Å²) in [6.45, 7) is 3.23. The van der Waals surface area contributed by atoms with Crippen molar-refractivity contribution >= 4 is 22.6 Å². The van der Waals surface area contributed by atoms with Crippen LogP contribution in [0.3, 0.4) is 0 Å². The van der Waals surface area contributed by atoms with Gasteiger partial charge in [-0.1, -0.05) is 55.7 Å². The number of amides is 2. The average Bonchev–Trinajstić information content (AvgIpc) is 3.50. The Morgan fingerprint density at radius 3 is 2.63 bits per heavy atom. The summed E-state index contributed by atoms with van der Waals surface area (Å²) in [7, 11) is 1.77. The molecule has 2 amide bonds. The van der Waals surface area contributed by atoms with E-state index in [-0.39, 0.29) is 42.0 Å². The fraction of sp³-hybridized carbons (Fsp3) is 0.571. The van der Waals surface area contributed by atoms with Crippen LogP contribution in [0.5, 0.6) is 5.75 Å². The van der Waals surface area contributed by atoms with Crippen LogP contribution in [0.25, 0.3) is 10.8 Å². The second-order valence-electron chi connectivity index (χ2n) is 10.4. The first-order chi connectivity index (χ1) is 17.1. The van der Waals surface area contributed by atoms with Gasteiger partial charge in [0.25, 0.3) is 0 Å². The molecule has 2 saturated heterocycles. The van der Waals surface area contributed by atoms with Gasteiger partial charge in [0.2, 0.25) is 11.8 Å². The summed E-state index contributed by atoms with van der Waals surface area (Å²) >= 11 is 0. The summed E-state index contributed by atoms with van der Waals surface area (Å²) < 4.78 is 6.59. The van der Waals surface area contributed by atoms with Crippen LogP contribution in [0.2, 0.25) is 0 Å².